The Hall–Kier alpha value is -1.10. The fourth-order valence-corrected chi connectivity index (χ4v) is 3.55. The van der Waals surface area contributed by atoms with Crippen LogP contribution in [0, 0.1) is 5.92 Å². The maximum Gasteiger partial charge on any atom is 0.123 e. The van der Waals surface area contributed by atoms with Gasteiger partial charge in [-0.3, -0.25) is 4.90 Å². The number of hydrogen-bond acceptors (Lipinski definition) is 3. The molecular formula is C17H22ClN3O. The predicted molar refractivity (Wildman–Crippen MR) is 88.1 cm³/mol. The Kier molecular flexibility index (Phi) is 3.84. The molecule has 0 unspecified atom stereocenters. The summed E-state index contributed by atoms with van der Waals surface area (Å²) in [6.07, 6.45) is 3.84. The zero-order valence-corrected chi connectivity index (χ0v) is 13.7. The lowest BCUT2D eigenvalue weighted by atomic mass is 10.1. The van der Waals surface area contributed by atoms with E-state index in [1.54, 1.807) is 0 Å². The Labute approximate surface area is 136 Å². The van der Waals surface area contributed by atoms with Crippen LogP contribution in [0.4, 0.5) is 0 Å². The van der Waals surface area contributed by atoms with Crippen molar-refractivity contribution in [1.29, 1.82) is 0 Å². The number of nitrogens with zero attached hydrogens (tertiary/aromatic N) is 3. The van der Waals surface area contributed by atoms with E-state index < -0.39 is 0 Å². The van der Waals surface area contributed by atoms with E-state index in [1.807, 2.05) is 12.1 Å². The lowest BCUT2D eigenvalue weighted by Gasteiger charge is -2.24. The molecule has 118 valence electrons. The third kappa shape index (κ3) is 2.87. The maximum absolute atomic E-state index is 6.09. The van der Waals surface area contributed by atoms with Crippen LogP contribution in [0.2, 0.25) is 5.02 Å². The molecule has 1 aromatic carbocycles. The zero-order chi connectivity index (χ0) is 15.1. The van der Waals surface area contributed by atoms with Crippen LogP contribution in [0.25, 0.3) is 11.0 Å². The van der Waals surface area contributed by atoms with Crippen LogP contribution >= 0.6 is 11.6 Å². The molecule has 0 bridgehead atoms. The fourth-order valence-electron chi connectivity index (χ4n) is 3.39. The molecule has 0 spiro atoms. The average molecular weight is 320 g/mol. The Morgan fingerprint density at radius 1 is 1.36 bits per heavy atom. The molecule has 1 atom stereocenters. The molecule has 0 radical (unpaired) electrons. The summed E-state index contributed by atoms with van der Waals surface area (Å²) in [4.78, 5) is 7.40. The van der Waals surface area contributed by atoms with Gasteiger partial charge in [-0.05, 0) is 43.4 Å². The first-order valence-electron chi connectivity index (χ1n) is 8.13. The summed E-state index contributed by atoms with van der Waals surface area (Å²) in [6, 6.07) is 6.68. The Morgan fingerprint density at radius 2 is 2.23 bits per heavy atom. The van der Waals surface area contributed by atoms with Gasteiger partial charge < -0.3 is 9.30 Å². The number of aromatic nitrogens is 2. The summed E-state index contributed by atoms with van der Waals surface area (Å²) >= 11 is 6.09. The molecule has 0 amide bonds. The van der Waals surface area contributed by atoms with Gasteiger partial charge in [0.1, 0.15) is 5.82 Å². The molecule has 1 aromatic heterocycles. The number of benzene rings is 1. The maximum atomic E-state index is 6.09. The molecular weight excluding hydrogens is 298 g/mol. The second-order valence-electron chi connectivity index (χ2n) is 6.61. The molecule has 4 rings (SSSR count). The van der Waals surface area contributed by atoms with E-state index >= 15 is 0 Å². The molecule has 1 aliphatic carbocycles. The lowest BCUT2D eigenvalue weighted by molar-refractivity contribution is 0.159. The first-order chi connectivity index (χ1) is 10.7. The third-order valence-corrected chi connectivity index (χ3v) is 5.10. The largest absolute Gasteiger partial charge is 0.381 e. The van der Waals surface area contributed by atoms with Crippen molar-refractivity contribution in [3.05, 3.63) is 29.0 Å². The first-order valence-corrected chi connectivity index (χ1v) is 8.51. The standard InChI is InChI=1S/C17H22ClN3O/c1-20-16-5-2-13(18)8-15(16)19-17(20)10-21(14-3-4-14)9-12-6-7-22-11-12/h2,5,8,12,14H,3-4,6-7,9-11H2,1H3/t12-/m0/s1. The lowest BCUT2D eigenvalue weighted by Crippen LogP contribution is -2.32. The highest BCUT2D eigenvalue weighted by molar-refractivity contribution is 6.31. The van der Waals surface area contributed by atoms with E-state index in [2.05, 4.69) is 22.6 Å². The number of rotatable bonds is 5. The second-order valence-corrected chi connectivity index (χ2v) is 7.05. The summed E-state index contributed by atoms with van der Waals surface area (Å²) in [6.45, 7) is 3.90. The first kappa shape index (κ1) is 14.5. The molecule has 0 N–H and O–H groups in total. The molecule has 4 nitrogen and oxygen atoms in total. The number of ether oxygens (including phenoxy) is 1. The SMILES string of the molecule is Cn1c(CN(C[C@@H]2CCOC2)C2CC2)nc2cc(Cl)ccc21. The van der Waals surface area contributed by atoms with E-state index in [9.17, 15) is 0 Å². The van der Waals surface area contributed by atoms with Crippen molar-refractivity contribution in [2.75, 3.05) is 19.8 Å². The van der Waals surface area contributed by atoms with E-state index in [-0.39, 0.29) is 0 Å². The highest BCUT2D eigenvalue weighted by Gasteiger charge is 2.32. The normalized spacial score (nSPS) is 22.0. The topological polar surface area (TPSA) is 30.3 Å². The van der Waals surface area contributed by atoms with Crippen LogP contribution in [-0.2, 0) is 18.3 Å². The highest BCUT2D eigenvalue weighted by atomic mass is 35.5. The Balaban J connectivity index is 1.56. The minimum absolute atomic E-state index is 0.685. The molecule has 5 heteroatoms. The van der Waals surface area contributed by atoms with Gasteiger partial charge in [0, 0.05) is 31.3 Å². The highest BCUT2D eigenvalue weighted by Crippen LogP contribution is 2.31. The van der Waals surface area contributed by atoms with Gasteiger partial charge in [0.2, 0.25) is 0 Å². The summed E-state index contributed by atoms with van der Waals surface area (Å²) < 4.78 is 7.73. The van der Waals surface area contributed by atoms with Gasteiger partial charge in [-0.1, -0.05) is 11.6 Å². The van der Waals surface area contributed by atoms with Crippen molar-refractivity contribution in [2.24, 2.45) is 13.0 Å². The van der Waals surface area contributed by atoms with Gasteiger partial charge >= 0.3 is 0 Å². The Morgan fingerprint density at radius 3 is 2.95 bits per heavy atom. The van der Waals surface area contributed by atoms with Crippen molar-refractivity contribution in [3.8, 4) is 0 Å². The van der Waals surface area contributed by atoms with E-state index in [4.69, 9.17) is 21.3 Å². The summed E-state index contributed by atoms with van der Waals surface area (Å²) in [5.41, 5.74) is 2.14. The molecule has 2 aliphatic rings. The van der Waals surface area contributed by atoms with Crippen molar-refractivity contribution in [2.45, 2.75) is 31.8 Å². The molecule has 22 heavy (non-hydrogen) atoms. The van der Waals surface area contributed by atoms with Gasteiger partial charge in [-0.2, -0.15) is 0 Å². The number of hydrogen-bond donors (Lipinski definition) is 0. The van der Waals surface area contributed by atoms with Crippen molar-refractivity contribution in [3.63, 3.8) is 0 Å². The quantitative estimate of drug-likeness (QED) is 0.847. The fraction of sp³-hybridized carbons (Fsp3) is 0.588. The van der Waals surface area contributed by atoms with Crippen LogP contribution < -0.4 is 0 Å². The molecule has 2 aromatic rings. The van der Waals surface area contributed by atoms with Crippen molar-refractivity contribution >= 4 is 22.6 Å². The summed E-state index contributed by atoms with van der Waals surface area (Å²) in [5, 5.41) is 0.749. The molecule has 2 fully saturated rings. The van der Waals surface area contributed by atoms with E-state index in [0.29, 0.717) is 5.92 Å². The summed E-state index contributed by atoms with van der Waals surface area (Å²) in [5.74, 6) is 1.81. The number of fused-ring (bicyclic) bond motifs is 1. The van der Waals surface area contributed by atoms with Crippen LogP contribution in [0.1, 0.15) is 25.1 Å². The smallest absolute Gasteiger partial charge is 0.123 e. The van der Waals surface area contributed by atoms with Crippen LogP contribution in [0.3, 0.4) is 0 Å². The van der Waals surface area contributed by atoms with Gasteiger partial charge in [0.15, 0.2) is 0 Å². The van der Waals surface area contributed by atoms with Gasteiger partial charge in [0.25, 0.3) is 0 Å². The zero-order valence-electron chi connectivity index (χ0n) is 13.0. The van der Waals surface area contributed by atoms with Crippen LogP contribution in [0.5, 0.6) is 0 Å². The predicted octanol–water partition coefficient (Wildman–Crippen LogP) is 3.23. The van der Waals surface area contributed by atoms with E-state index in [1.165, 1.54) is 19.3 Å². The minimum atomic E-state index is 0.685. The Bertz CT molecular complexity index is 674. The third-order valence-electron chi connectivity index (χ3n) is 4.86. The number of halogens is 1. The molecule has 1 aliphatic heterocycles. The van der Waals surface area contributed by atoms with Gasteiger partial charge in [-0.25, -0.2) is 4.98 Å². The van der Waals surface area contributed by atoms with Crippen LogP contribution in [0.15, 0.2) is 18.2 Å². The number of imidazole rings is 1. The van der Waals surface area contributed by atoms with Crippen molar-refractivity contribution in [1.82, 2.24) is 14.5 Å². The van der Waals surface area contributed by atoms with Crippen LogP contribution in [-0.4, -0.2) is 40.3 Å². The van der Waals surface area contributed by atoms with Crippen molar-refractivity contribution < 1.29 is 4.74 Å². The second kappa shape index (κ2) is 5.84. The molecule has 2 heterocycles. The van der Waals surface area contributed by atoms with E-state index in [0.717, 1.165) is 54.2 Å². The minimum Gasteiger partial charge on any atom is -0.381 e. The average Bonchev–Trinajstić information content (AvgIpc) is 3.14. The monoisotopic (exact) mass is 319 g/mol. The summed E-state index contributed by atoms with van der Waals surface area (Å²) in [7, 11) is 2.10. The molecule has 1 saturated carbocycles. The van der Waals surface area contributed by atoms with Gasteiger partial charge in [0.05, 0.1) is 24.2 Å². The van der Waals surface area contributed by atoms with Gasteiger partial charge in [-0.15, -0.1) is 0 Å². The molecule has 1 saturated heterocycles. The number of aryl methyl sites for hydroxylation is 1.